The summed E-state index contributed by atoms with van der Waals surface area (Å²) in [4.78, 5) is 16.5. The van der Waals surface area contributed by atoms with E-state index < -0.39 is 0 Å². The van der Waals surface area contributed by atoms with Crippen molar-refractivity contribution in [3.8, 4) is 10.8 Å². The number of aromatic nitrogens is 1. The maximum atomic E-state index is 12.1. The van der Waals surface area contributed by atoms with Gasteiger partial charge < -0.3 is 15.5 Å². The van der Waals surface area contributed by atoms with Crippen LogP contribution in [0.3, 0.4) is 0 Å². The summed E-state index contributed by atoms with van der Waals surface area (Å²) in [5.74, 6) is 1.57. The average Bonchev–Trinajstić information content (AvgIpc) is 3.12. The molecule has 0 aromatic carbocycles. The molecule has 120 valence electrons. The fourth-order valence-corrected chi connectivity index (χ4v) is 2.97. The van der Waals surface area contributed by atoms with Crippen molar-refractivity contribution in [1.82, 2.24) is 10.3 Å². The maximum Gasteiger partial charge on any atom is 0.226 e. The monoisotopic (exact) mass is 321 g/mol. The van der Waals surface area contributed by atoms with Gasteiger partial charge in [-0.25, -0.2) is 4.98 Å². The number of nitrogens with two attached hydrogens (primary N) is 1. The van der Waals surface area contributed by atoms with E-state index in [2.05, 4.69) is 17.2 Å². The van der Waals surface area contributed by atoms with Crippen molar-refractivity contribution >= 4 is 17.2 Å². The molecular weight excluding hydrogens is 298 g/mol. The van der Waals surface area contributed by atoms with Crippen molar-refractivity contribution in [2.75, 3.05) is 6.54 Å². The Morgan fingerprint density at radius 3 is 2.95 bits per heavy atom. The number of amides is 1. The number of unbranched alkanes of at least 4 members (excludes halogenated alkanes) is 1. The van der Waals surface area contributed by atoms with E-state index in [-0.39, 0.29) is 18.4 Å². The number of furan rings is 1. The average molecular weight is 321 g/mol. The highest BCUT2D eigenvalue weighted by atomic mass is 32.1. The van der Waals surface area contributed by atoms with E-state index in [1.54, 1.807) is 0 Å². The number of carbonyl (C=O) groups is 1. The topological polar surface area (TPSA) is 81.1 Å². The first kappa shape index (κ1) is 16.7. The van der Waals surface area contributed by atoms with Crippen LogP contribution in [-0.4, -0.2) is 23.5 Å². The van der Waals surface area contributed by atoms with E-state index in [0.717, 1.165) is 41.5 Å². The molecule has 0 aliphatic rings. The highest BCUT2D eigenvalue weighted by molar-refractivity contribution is 7.13. The summed E-state index contributed by atoms with van der Waals surface area (Å²) in [5.41, 5.74) is 6.46. The Kier molecular flexibility index (Phi) is 6.15. The minimum absolute atomic E-state index is 0.0287. The molecule has 1 amide bonds. The van der Waals surface area contributed by atoms with Gasteiger partial charge in [0, 0.05) is 18.0 Å². The summed E-state index contributed by atoms with van der Waals surface area (Å²) in [7, 11) is 0. The van der Waals surface area contributed by atoms with E-state index in [9.17, 15) is 4.79 Å². The lowest BCUT2D eigenvalue weighted by Gasteiger charge is -2.15. The zero-order valence-electron chi connectivity index (χ0n) is 13.1. The Labute approximate surface area is 134 Å². The molecule has 0 saturated carbocycles. The van der Waals surface area contributed by atoms with Crippen LogP contribution < -0.4 is 11.1 Å². The van der Waals surface area contributed by atoms with Gasteiger partial charge >= 0.3 is 0 Å². The van der Waals surface area contributed by atoms with Gasteiger partial charge in [-0.1, -0.05) is 19.8 Å². The maximum absolute atomic E-state index is 12.1. The van der Waals surface area contributed by atoms with Crippen molar-refractivity contribution < 1.29 is 9.21 Å². The SMILES string of the molecule is CCCCC(CN)NC(=O)Cc1csc(-c2ccc(C)o2)n1. The fourth-order valence-electron chi connectivity index (χ4n) is 2.19. The van der Waals surface area contributed by atoms with Gasteiger partial charge in [-0.3, -0.25) is 4.79 Å². The lowest BCUT2D eigenvalue weighted by atomic mass is 10.1. The van der Waals surface area contributed by atoms with Crippen molar-refractivity contribution in [2.24, 2.45) is 5.73 Å². The molecule has 2 aromatic rings. The Morgan fingerprint density at radius 2 is 2.32 bits per heavy atom. The van der Waals surface area contributed by atoms with Crippen molar-refractivity contribution in [3.05, 3.63) is 29.0 Å². The van der Waals surface area contributed by atoms with Crippen LogP contribution in [0.15, 0.2) is 21.9 Å². The zero-order chi connectivity index (χ0) is 15.9. The van der Waals surface area contributed by atoms with Crippen LogP contribution in [-0.2, 0) is 11.2 Å². The molecular formula is C16H23N3O2S. The number of hydrogen-bond acceptors (Lipinski definition) is 5. The predicted octanol–water partition coefficient (Wildman–Crippen LogP) is 2.89. The fraction of sp³-hybridized carbons (Fsp3) is 0.500. The molecule has 6 heteroatoms. The van der Waals surface area contributed by atoms with Gasteiger partial charge in [-0.15, -0.1) is 11.3 Å². The number of rotatable bonds is 8. The van der Waals surface area contributed by atoms with Gasteiger partial charge in [0.05, 0.1) is 12.1 Å². The van der Waals surface area contributed by atoms with Gasteiger partial charge in [0.15, 0.2) is 10.8 Å². The molecule has 0 bridgehead atoms. The smallest absolute Gasteiger partial charge is 0.226 e. The molecule has 22 heavy (non-hydrogen) atoms. The van der Waals surface area contributed by atoms with E-state index in [0.29, 0.717) is 6.54 Å². The predicted molar refractivity (Wildman–Crippen MR) is 88.8 cm³/mol. The molecule has 2 rings (SSSR count). The second-order valence-corrected chi connectivity index (χ2v) is 6.23. The van der Waals surface area contributed by atoms with Gasteiger partial charge in [0.25, 0.3) is 0 Å². The number of carbonyl (C=O) groups excluding carboxylic acids is 1. The first-order chi connectivity index (χ1) is 10.6. The molecule has 2 heterocycles. The first-order valence-electron chi connectivity index (χ1n) is 7.63. The molecule has 5 nitrogen and oxygen atoms in total. The lowest BCUT2D eigenvalue weighted by molar-refractivity contribution is -0.121. The number of hydrogen-bond donors (Lipinski definition) is 2. The summed E-state index contributed by atoms with van der Waals surface area (Å²) in [6.07, 6.45) is 3.37. The van der Waals surface area contributed by atoms with Gasteiger partial charge in [-0.2, -0.15) is 0 Å². The van der Waals surface area contributed by atoms with Gasteiger partial charge in [0.2, 0.25) is 5.91 Å². The Hall–Kier alpha value is -1.66. The third-order valence-electron chi connectivity index (χ3n) is 3.40. The second kappa shape index (κ2) is 8.10. The van der Waals surface area contributed by atoms with E-state index in [4.69, 9.17) is 10.2 Å². The van der Waals surface area contributed by atoms with Crippen LogP contribution in [0.5, 0.6) is 0 Å². The quantitative estimate of drug-likeness (QED) is 0.783. The zero-order valence-corrected chi connectivity index (χ0v) is 13.9. The van der Waals surface area contributed by atoms with Crippen molar-refractivity contribution in [3.63, 3.8) is 0 Å². The molecule has 0 aliphatic heterocycles. The second-order valence-electron chi connectivity index (χ2n) is 5.37. The van der Waals surface area contributed by atoms with Crippen LogP contribution in [0.2, 0.25) is 0 Å². The molecule has 1 atom stereocenters. The number of nitrogens with zero attached hydrogens (tertiary/aromatic N) is 1. The van der Waals surface area contributed by atoms with Crippen LogP contribution in [0.25, 0.3) is 10.8 Å². The molecule has 1 unspecified atom stereocenters. The van der Waals surface area contributed by atoms with Crippen molar-refractivity contribution in [1.29, 1.82) is 0 Å². The van der Waals surface area contributed by atoms with Gasteiger partial charge in [0.1, 0.15) is 5.76 Å². The summed E-state index contributed by atoms with van der Waals surface area (Å²) in [5, 5.41) is 5.68. The lowest BCUT2D eigenvalue weighted by Crippen LogP contribution is -2.40. The summed E-state index contributed by atoms with van der Waals surface area (Å²) in [6, 6.07) is 3.86. The number of nitrogens with one attached hydrogen (secondary N) is 1. The number of aryl methyl sites for hydroxylation is 1. The van der Waals surface area contributed by atoms with Crippen LogP contribution in [0.1, 0.15) is 37.6 Å². The molecule has 0 saturated heterocycles. The summed E-state index contributed by atoms with van der Waals surface area (Å²) < 4.78 is 5.54. The third-order valence-corrected chi connectivity index (χ3v) is 4.31. The summed E-state index contributed by atoms with van der Waals surface area (Å²) in [6.45, 7) is 4.50. The molecule has 0 spiro atoms. The first-order valence-corrected chi connectivity index (χ1v) is 8.51. The molecule has 0 aliphatic carbocycles. The van der Waals surface area contributed by atoms with Crippen LogP contribution >= 0.6 is 11.3 Å². The molecule has 2 aromatic heterocycles. The normalized spacial score (nSPS) is 12.3. The van der Waals surface area contributed by atoms with E-state index in [1.165, 1.54) is 11.3 Å². The summed E-state index contributed by atoms with van der Waals surface area (Å²) >= 11 is 1.49. The van der Waals surface area contributed by atoms with Gasteiger partial charge in [-0.05, 0) is 25.5 Å². The largest absolute Gasteiger partial charge is 0.459 e. The third kappa shape index (κ3) is 4.68. The minimum atomic E-state index is -0.0287. The number of thiazole rings is 1. The van der Waals surface area contributed by atoms with Crippen LogP contribution in [0, 0.1) is 6.92 Å². The molecule has 3 N–H and O–H groups in total. The highest BCUT2D eigenvalue weighted by Gasteiger charge is 2.14. The Morgan fingerprint density at radius 1 is 1.50 bits per heavy atom. The van der Waals surface area contributed by atoms with Crippen molar-refractivity contribution in [2.45, 2.75) is 45.6 Å². The Bertz CT molecular complexity index is 606. The van der Waals surface area contributed by atoms with E-state index >= 15 is 0 Å². The Balaban J connectivity index is 1.90. The van der Waals surface area contributed by atoms with E-state index in [1.807, 2.05) is 24.4 Å². The highest BCUT2D eigenvalue weighted by Crippen LogP contribution is 2.25. The molecule has 0 radical (unpaired) electrons. The van der Waals surface area contributed by atoms with Crippen LogP contribution in [0.4, 0.5) is 0 Å². The molecule has 0 fully saturated rings. The standard InChI is InChI=1S/C16H23N3O2S/c1-3-4-5-12(9-17)18-15(20)8-13-10-22-16(19-13)14-7-6-11(2)21-14/h6-7,10,12H,3-5,8-9,17H2,1-2H3,(H,18,20). The minimum Gasteiger partial charge on any atom is -0.459 e.